The molecule has 5 rings (SSSR count). The maximum Gasteiger partial charge on any atom is 0.269 e. The number of nitro benzene ring substituents is 1. The molecule has 0 bridgehead atoms. The van der Waals surface area contributed by atoms with E-state index < -0.39 is 30.6 Å². The second-order valence-corrected chi connectivity index (χ2v) is 19.4. The number of amides is 2. The summed E-state index contributed by atoms with van der Waals surface area (Å²) in [6, 6.07) is 12.4. The average molecular weight is 690 g/mol. The summed E-state index contributed by atoms with van der Waals surface area (Å²) in [6.45, 7) is 13.5. The summed E-state index contributed by atoms with van der Waals surface area (Å²) in [5.74, 6) is -0.0181. The van der Waals surface area contributed by atoms with Gasteiger partial charge in [-0.25, -0.2) is 0 Å². The van der Waals surface area contributed by atoms with Crippen LogP contribution >= 0.6 is 0 Å². The Morgan fingerprint density at radius 3 is 2.51 bits per heavy atom. The number of nitrogens with zero attached hydrogens (tertiary/aromatic N) is 3. The minimum atomic E-state index is -2.53. The Morgan fingerprint density at radius 2 is 1.88 bits per heavy atom. The Labute approximate surface area is 290 Å². The number of rotatable bonds is 12. The number of hydrogen-bond donors (Lipinski definition) is 1. The van der Waals surface area contributed by atoms with Gasteiger partial charge in [-0.3, -0.25) is 19.7 Å². The van der Waals surface area contributed by atoms with Gasteiger partial charge in [-0.1, -0.05) is 60.6 Å². The van der Waals surface area contributed by atoms with Crippen LogP contribution < -0.4 is 14.8 Å². The van der Waals surface area contributed by atoms with Crippen LogP contribution in [0.25, 0.3) is 0 Å². The Morgan fingerprint density at radius 1 is 1.16 bits per heavy atom. The number of fused-ring (bicyclic) bond motifs is 2. The van der Waals surface area contributed by atoms with E-state index in [0.29, 0.717) is 24.3 Å². The molecule has 3 aliphatic rings. The molecular formula is C38H51N3O7Si. The van der Waals surface area contributed by atoms with E-state index in [9.17, 15) is 24.8 Å². The van der Waals surface area contributed by atoms with Crippen LogP contribution in [0.1, 0.15) is 65.4 Å². The molecule has 264 valence electrons. The molecule has 49 heavy (non-hydrogen) atoms. The predicted octanol–water partition coefficient (Wildman–Crippen LogP) is 6.23. The fourth-order valence-corrected chi connectivity index (χ4v) is 12.4. The van der Waals surface area contributed by atoms with E-state index in [1.54, 1.807) is 23.0 Å². The molecule has 0 saturated carbocycles. The molecular weight excluding hydrogens is 639 g/mol. The Kier molecular flexibility index (Phi) is 10.9. The highest BCUT2D eigenvalue weighted by Crippen LogP contribution is 2.60. The molecule has 2 aromatic carbocycles. The molecule has 3 heterocycles. The quantitative estimate of drug-likeness (QED) is 0.121. The number of hydrogen-bond acceptors (Lipinski definition) is 7. The van der Waals surface area contributed by atoms with Gasteiger partial charge in [0.25, 0.3) is 11.6 Å². The van der Waals surface area contributed by atoms with Crippen molar-refractivity contribution in [3.05, 3.63) is 81.4 Å². The van der Waals surface area contributed by atoms with Crippen molar-refractivity contribution in [1.82, 2.24) is 4.90 Å². The molecule has 1 spiro atoms. The minimum absolute atomic E-state index is 0.0563. The summed E-state index contributed by atoms with van der Waals surface area (Å²) in [5.41, 5.74) is 1.69. The number of methoxy groups -OCH3 is 1. The second-order valence-electron chi connectivity index (χ2n) is 14.7. The normalized spacial score (nSPS) is 25.2. The average Bonchev–Trinajstić information content (AvgIpc) is 3.73. The van der Waals surface area contributed by atoms with E-state index in [0.717, 1.165) is 42.2 Å². The molecule has 2 amide bonds. The SMILES string of the molecule is COc1ccc([Si](C)(C)[C@@H]2[C@@H](CC(=O)N3CCC[C@H]3CO)O[C@]3(C(=O)N(C/C=C(\C)CCC=C(C)C)c4ccc([N+](=O)[O-])cc43)[C@H]2C)cc1. The number of allylic oxidation sites excluding steroid dienone is 3. The molecule has 5 atom stereocenters. The van der Waals surface area contributed by atoms with Gasteiger partial charge in [0.15, 0.2) is 5.60 Å². The van der Waals surface area contributed by atoms with Crippen LogP contribution in [0.2, 0.25) is 18.6 Å². The molecule has 1 N–H and O–H groups in total. The number of aliphatic hydroxyl groups excluding tert-OH is 1. The number of non-ortho nitro benzene ring substituents is 1. The van der Waals surface area contributed by atoms with E-state index in [-0.39, 0.29) is 42.1 Å². The topological polar surface area (TPSA) is 122 Å². The first-order valence-electron chi connectivity index (χ1n) is 17.4. The van der Waals surface area contributed by atoms with Crippen molar-refractivity contribution >= 4 is 36.4 Å². The first kappa shape index (κ1) is 36.5. The lowest BCUT2D eigenvalue weighted by molar-refractivity contribution is -0.385. The number of aliphatic hydroxyl groups is 1. The molecule has 2 saturated heterocycles. The van der Waals surface area contributed by atoms with Gasteiger partial charge in [0.2, 0.25) is 5.91 Å². The largest absolute Gasteiger partial charge is 0.497 e. The number of anilines is 1. The van der Waals surface area contributed by atoms with Gasteiger partial charge in [0.05, 0.1) is 51.0 Å². The van der Waals surface area contributed by atoms with Crippen LogP contribution in [-0.2, 0) is 19.9 Å². The molecule has 10 nitrogen and oxygen atoms in total. The number of carbonyl (C=O) groups excluding carboxylic acids is 2. The maximum atomic E-state index is 14.9. The van der Waals surface area contributed by atoms with Crippen molar-refractivity contribution in [3.8, 4) is 5.75 Å². The maximum absolute atomic E-state index is 14.9. The lowest BCUT2D eigenvalue weighted by Gasteiger charge is -2.37. The summed E-state index contributed by atoms with van der Waals surface area (Å²) in [6.07, 6.45) is 7.01. The summed E-state index contributed by atoms with van der Waals surface area (Å²) >= 11 is 0. The van der Waals surface area contributed by atoms with Crippen LogP contribution in [0.3, 0.4) is 0 Å². The van der Waals surface area contributed by atoms with Crippen LogP contribution in [0, 0.1) is 16.0 Å². The van der Waals surface area contributed by atoms with Crippen LogP contribution in [0.5, 0.6) is 5.75 Å². The van der Waals surface area contributed by atoms with Gasteiger partial charge in [0, 0.05) is 36.7 Å². The van der Waals surface area contributed by atoms with Crippen molar-refractivity contribution < 1.29 is 29.1 Å². The van der Waals surface area contributed by atoms with E-state index in [2.05, 4.69) is 58.2 Å². The fourth-order valence-electron chi connectivity index (χ4n) is 8.38. The molecule has 11 heteroatoms. The zero-order chi connectivity index (χ0) is 35.7. The predicted molar refractivity (Wildman–Crippen MR) is 194 cm³/mol. The fraction of sp³-hybridized carbons (Fsp3) is 0.526. The first-order chi connectivity index (χ1) is 23.3. The van der Waals surface area contributed by atoms with Gasteiger partial charge in [-0.05, 0) is 70.2 Å². The summed E-state index contributed by atoms with van der Waals surface area (Å²) < 4.78 is 12.5. The standard InChI is InChI=1S/C38H51N3O7Si/c1-25(2)10-8-11-26(3)19-21-40-33-18-13-28(41(45)46)22-32(33)38(37(40)44)27(4)36(49(6,7)31-16-14-30(47-5)15-17-31)34(48-38)23-35(43)39-20-9-12-29(39)24-42/h10,13-19,22,27,29,34,36,42H,8-9,11-12,20-21,23-24H2,1-7H3/b26-19+/t27-,29-,34+,36-,38+/m0/s1. The van der Waals surface area contributed by atoms with Gasteiger partial charge < -0.3 is 24.4 Å². The van der Waals surface area contributed by atoms with E-state index >= 15 is 0 Å². The molecule has 3 aliphatic heterocycles. The smallest absolute Gasteiger partial charge is 0.269 e. The third-order valence-corrected chi connectivity index (χ3v) is 15.4. The van der Waals surface area contributed by atoms with Gasteiger partial charge in [-0.15, -0.1) is 0 Å². The molecule has 0 aromatic heterocycles. The monoisotopic (exact) mass is 689 g/mol. The summed E-state index contributed by atoms with van der Waals surface area (Å²) in [5, 5.41) is 23.2. The third-order valence-electron chi connectivity index (χ3n) is 11.0. The van der Waals surface area contributed by atoms with Gasteiger partial charge in [0.1, 0.15) is 5.75 Å². The summed E-state index contributed by atoms with van der Waals surface area (Å²) in [4.78, 5) is 44.0. The van der Waals surface area contributed by atoms with Crippen LogP contribution in [0.4, 0.5) is 11.4 Å². The number of nitro groups is 1. The number of carbonyl (C=O) groups is 2. The molecule has 0 radical (unpaired) electrons. The van der Waals surface area contributed by atoms with E-state index in [1.165, 1.54) is 17.7 Å². The number of ether oxygens (including phenoxy) is 2. The first-order valence-corrected chi connectivity index (χ1v) is 20.5. The Hall–Kier alpha value is -3.80. The van der Waals surface area contributed by atoms with Crippen molar-refractivity contribution in [1.29, 1.82) is 0 Å². The number of likely N-dealkylation sites (tertiary alicyclic amines) is 1. The Balaban J connectivity index is 1.59. The highest BCUT2D eigenvalue weighted by Gasteiger charge is 2.66. The lowest BCUT2D eigenvalue weighted by Crippen LogP contribution is -2.52. The van der Waals surface area contributed by atoms with Crippen molar-refractivity contribution in [2.45, 2.75) is 96.2 Å². The Bertz CT molecular complexity index is 1630. The molecule has 0 aliphatic carbocycles. The van der Waals surface area contributed by atoms with E-state index in [4.69, 9.17) is 9.47 Å². The highest BCUT2D eigenvalue weighted by molar-refractivity contribution is 6.91. The minimum Gasteiger partial charge on any atom is -0.497 e. The van der Waals surface area contributed by atoms with Crippen LogP contribution in [-0.4, -0.2) is 73.8 Å². The number of benzene rings is 2. The van der Waals surface area contributed by atoms with Crippen molar-refractivity contribution in [2.24, 2.45) is 5.92 Å². The van der Waals surface area contributed by atoms with Gasteiger partial charge in [-0.2, -0.15) is 0 Å². The van der Waals surface area contributed by atoms with Crippen LogP contribution in [0.15, 0.2) is 65.8 Å². The highest BCUT2D eigenvalue weighted by atomic mass is 28.3. The molecule has 0 unspecified atom stereocenters. The second kappa shape index (κ2) is 14.6. The van der Waals surface area contributed by atoms with Gasteiger partial charge >= 0.3 is 0 Å². The third kappa shape index (κ3) is 6.85. The summed E-state index contributed by atoms with van der Waals surface area (Å²) in [7, 11) is -0.898. The molecule has 2 aromatic rings. The van der Waals surface area contributed by atoms with E-state index in [1.807, 2.05) is 19.1 Å². The van der Waals surface area contributed by atoms with Crippen molar-refractivity contribution in [2.75, 3.05) is 31.7 Å². The molecule has 2 fully saturated rings. The zero-order valence-corrected chi connectivity index (χ0v) is 30.9. The lowest BCUT2D eigenvalue weighted by atomic mass is 9.82. The zero-order valence-electron chi connectivity index (χ0n) is 29.9. The van der Waals surface area contributed by atoms with Crippen molar-refractivity contribution in [3.63, 3.8) is 0 Å².